The van der Waals surface area contributed by atoms with Crippen molar-refractivity contribution in [2.45, 2.75) is 32.7 Å². The molecule has 0 spiro atoms. The van der Waals surface area contributed by atoms with Crippen molar-refractivity contribution in [1.82, 2.24) is 9.80 Å². The van der Waals surface area contributed by atoms with Crippen molar-refractivity contribution in [3.8, 4) is 6.07 Å². The monoisotopic (exact) mass is 329 g/mol. The van der Waals surface area contributed by atoms with Crippen LogP contribution in [-0.2, 0) is 16.1 Å². The molecule has 130 valence electrons. The van der Waals surface area contributed by atoms with Crippen molar-refractivity contribution in [3.05, 3.63) is 35.4 Å². The molecule has 1 saturated heterocycles. The maximum Gasteiger partial charge on any atom is 0.320 e. The van der Waals surface area contributed by atoms with E-state index in [-0.39, 0.29) is 5.97 Å². The molecule has 0 aromatic heterocycles. The highest BCUT2D eigenvalue weighted by molar-refractivity contribution is 5.71. The number of nitriles is 1. The highest BCUT2D eigenvalue weighted by Gasteiger charge is 2.17. The molecule has 2 rings (SSSR count). The van der Waals surface area contributed by atoms with Crippen molar-refractivity contribution < 1.29 is 9.53 Å². The Morgan fingerprint density at radius 1 is 1.17 bits per heavy atom. The van der Waals surface area contributed by atoms with E-state index in [2.05, 4.69) is 22.8 Å². The Labute approximate surface area is 144 Å². The molecule has 1 heterocycles. The maximum absolute atomic E-state index is 11.8. The Morgan fingerprint density at radius 3 is 2.58 bits per heavy atom. The van der Waals surface area contributed by atoms with E-state index in [0.717, 1.165) is 52.0 Å². The highest BCUT2D eigenvalue weighted by atomic mass is 16.5. The summed E-state index contributed by atoms with van der Waals surface area (Å²) < 4.78 is 5.25. The summed E-state index contributed by atoms with van der Waals surface area (Å²) in [4.78, 5) is 16.4. The van der Waals surface area contributed by atoms with Gasteiger partial charge in [-0.05, 0) is 37.1 Å². The predicted molar refractivity (Wildman–Crippen MR) is 93.4 cm³/mol. The summed E-state index contributed by atoms with van der Waals surface area (Å²) in [7, 11) is 0. The zero-order valence-corrected chi connectivity index (χ0v) is 14.5. The summed E-state index contributed by atoms with van der Waals surface area (Å²) in [6.45, 7) is 7.71. The molecule has 1 fully saturated rings. The van der Waals surface area contributed by atoms with Crippen LogP contribution >= 0.6 is 0 Å². The molecule has 1 aliphatic rings. The lowest BCUT2D eigenvalue weighted by Crippen LogP contribution is -2.34. The minimum absolute atomic E-state index is 0.107. The third kappa shape index (κ3) is 6.31. The summed E-state index contributed by atoms with van der Waals surface area (Å²) >= 11 is 0. The van der Waals surface area contributed by atoms with Gasteiger partial charge in [0.05, 0.1) is 24.8 Å². The molecule has 0 atom stereocenters. The third-order valence-corrected chi connectivity index (χ3v) is 4.28. The van der Waals surface area contributed by atoms with E-state index in [4.69, 9.17) is 10.00 Å². The number of benzene rings is 1. The molecule has 0 aliphatic carbocycles. The Morgan fingerprint density at radius 2 is 1.88 bits per heavy atom. The van der Waals surface area contributed by atoms with Gasteiger partial charge in [-0.25, -0.2) is 0 Å². The second kappa shape index (κ2) is 10.1. The van der Waals surface area contributed by atoms with Crippen LogP contribution in [0.3, 0.4) is 0 Å². The Balaban J connectivity index is 1.75. The van der Waals surface area contributed by atoms with Crippen LogP contribution in [0.15, 0.2) is 24.3 Å². The van der Waals surface area contributed by atoms with Gasteiger partial charge in [-0.3, -0.25) is 14.6 Å². The van der Waals surface area contributed by atoms with Gasteiger partial charge in [0.1, 0.15) is 0 Å². The first-order valence-corrected chi connectivity index (χ1v) is 8.80. The van der Waals surface area contributed by atoms with Crippen LogP contribution in [-0.4, -0.2) is 55.1 Å². The largest absolute Gasteiger partial charge is 0.465 e. The van der Waals surface area contributed by atoms with E-state index in [1.54, 1.807) is 0 Å². The van der Waals surface area contributed by atoms with Crippen LogP contribution in [0, 0.1) is 11.3 Å². The Hall–Kier alpha value is -1.90. The van der Waals surface area contributed by atoms with Crippen LogP contribution in [0.4, 0.5) is 0 Å². The van der Waals surface area contributed by atoms with E-state index < -0.39 is 0 Å². The lowest BCUT2D eigenvalue weighted by Gasteiger charge is -2.21. The summed E-state index contributed by atoms with van der Waals surface area (Å²) in [5.41, 5.74) is 1.92. The van der Waals surface area contributed by atoms with Gasteiger partial charge < -0.3 is 4.74 Å². The van der Waals surface area contributed by atoms with Gasteiger partial charge in [-0.15, -0.1) is 0 Å². The molecular weight excluding hydrogens is 302 g/mol. The second-order valence-electron chi connectivity index (χ2n) is 6.29. The maximum atomic E-state index is 11.8. The molecule has 0 amide bonds. The first kappa shape index (κ1) is 18.4. The van der Waals surface area contributed by atoms with Crippen molar-refractivity contribution in [2.75, 3.05) is 39.3 Å². The minimum Gasteiger partial charge on any atom is -0.465 e. The SMILES string of the molecule is CCCCOC(=O)CN1CCCN(Cc2ccc(C#N)cc2)CC1. The van der Waals surface area contributed by atoms with E-state index in [1.165, 1.54) is 5.56 Å². The molecule has 0 N–H and O–H groups in total. The van der Waals surface area contributed by atoms with E-state index in [0.29, 0.717) is 18.7 Å². The molecule has 0 saturated carbocycles. The van der Waals surface area contributed by atoms with Gasteiger partial charge in [0.15, 0.2) is 0 Å². The lowest BCUT2D eigenvalue weighted by atomic mass is 10.1. The second-order valence-corrected chi connectivity index (χ2v) is 6.29. The van der Waals surface area contributed by atoms with Crippen LogP contribution in [0.25, 0.3) is 0 Å². The van der Waals surface area contributed by atoms with Gasteiger partial charge in [0, 0.05) is 26.2 Å². The van der Waals surface area contributed by atoms with E-state index in [9.17, 15) is 4.79 Å². The lowest BCUT2D eigenvalue weighted by molar-refractivity contribution is -0.145. The normalized spacial score (nSPS) is 16.3. The zero-order valence-electron chi connectivity index (χ0n) is 14.5. The first-order valence-electron chi connectivity index (χ1n) is 8.80. The molecule has 0 bridgehead atoms. The van der Waals surface area contributed by atoms with Gasteiger partial charge in [0.25, 0.3) is 0 Å². The fraction of sp³-hybridized carbons (Fsp3) is 0.579. The van der Waals surface area contributed by atoms with Crippen molar-refractivity contribution in [1.29, 1.82) is 5.26 Å². The highest BCUT2D eigenvalue weighted by Crippen LogP contribution is 2.10. The number of hydrogen-bond acceptors (Lipinski definition) is 5. The zero-order chi connectivity index (χ0) is 17.2. The average molecular weight is 329 g/mol. The number of rotatable bonds is 7. The number of ether oxygens (including phenoxy) is 1. The number of carbonyl (C=O) groups excluding carboxylic acids is 1. The Bertz CT molecular complexity index is 551. The third-order valence-electron chi connectivity index (χ3n) is 4.28. The number of esters is 1. The number of nitrogens with zero attached hydrogens (tertiary/aromatic N) is 3. The molecule has 5 heteroatoms. The molecule has 1 aromatic carbocycles. The molecule has 5 nitrogen and oxygen atoms in total. The van der Waals surface area contributed by atoms with E-state index >= 15 is 0 Å². The minimum atomic E-state index is -0.107. The predicted octanol–water partition coefficient (Wildman–Crippen LogP) is 2.41. The smallest absolute Gasteiger partial charge is 0.320 e. The molecule has 1 aromatic rings. The number of hydrogen-bond donors (Lipinski definition) is 0. The average Bonchev–Trinajstić information content (AvgIpc) is 2.81. The van der Waals surface area contributed by atoms with Crippen LogP contribution in [0.5, 0.6) is 0 Å². The van der Waals surface area contributed by atoms with Gasteiger partial charge in [0.2, 0.25) is 0 Å². The standard InChI is InChI=1S/C19H27N3O2/c1-2-3-13-24-19(23)16-22-10-4-9-21(11-12-22)15-18-7-5-17(14-20)6-8-18/h5-8H,2-4,9-13,15-16H2,1H3. The van der Waals surface area contributed by atoms with Crippen molar-refractivity contribution >= 4 is 5.97 Å². The molecule has 0 unspecified atom stereocenters. The first-order chi connectivity index (χ1) is 11.7. The van der Waals surface area contributed by atoms with Crippen LogP contribution < -0.4 is 0 Å². The number of carbonyl (C=O) groups is 1. The quantitative estimate of drug-likeness (QED) is 0.568. The van der Waals surface area contributed by atoms with Gasteiger partial charge in [-0.1, -0.05) is 25.5 Å². The molecule has 24 heavy (non-hydrogen) atoms. The Kier molecular flexibility index (Phi) is 7.73. The van der Waals surface area contributed by atoms with Crippen LogP contribution in [0.2, 0.25) is 0 Å². The van der Waals surface area contributed by atoms with Crippen molar-refractivity contribution in [2.24, 2.45) is 0 Å². The van der Waals surface area contributed by atoms with Crippen molar-refractivity contribution in [3.63, 3.8) is 0 Å². The summed E-state index contributed by atoms with van der Waals surface area (Å²) in [6, 6.07) is 9.92. The van der Waals surface area contributed by atoms with Crippen LogP contribution in [0.1, 0.15) is 37.3 Å². The molecule has 0 radical (unpaired) electrons. The fourth-order valence-corrected chi connectivity index (χ4v) is 2.84. The van der Waals surface area contributed by atoms with E-state index in [1.807, 2.05) is 24.3 Å². The molecule has 1 aliphatic heterocycles. The summed E-state index contributed by atoms with van der Waals surface area (Å²) in [6.07, 6.45) is 3.03. The number of unbranched alkanes of at least 4 members (excludes halogenated alkanes) is 1. The topological polar surface area (TPSA) is 56.6 Å². The summed E-state index contributed by atoms with van der Waals surface area (Å²) in [5.74, 6) is -0.107. The van der Waals surface area contributed by atoms with Gasteiger partial charge in [-0.2, -0.15) is 5.26 Å². The fourth-order valence-electron chi connectivity index (χ4n) is 2.84. The van der Waals surface area contributed by atoms with Gasteiger partial charge >= 0.3 is 5.97 Å². The molecular formula is C19H27N3O2. The summed E-state index contributed by atoms with van der Waals surface area (Å²) in [5, 5.41) is 8.85.